The molecule has 1 unspecified atom stereocenters. The molecule has 1 aliphatic rings. The van der Waals surface area contributed by atoms with Crippen molar-refractivity contribution >= 4 is 11.6 Å². The molecule has 0 aromatic carbocycles. The van der Waals surface area contributed by atoms with Crippen LogP contribution < -0.4 is 0 Å². The number of hydrogen-bond acceptors (Lipinski definition) is 2. The van der Waals surface area contributed by atoms with E-state index in [0.717, 1.165) is 11.6 Å². The average molecular weight is 130 g/mol. The largest absolute Gasteiger partial charge is 0.220 e. The molecule has 4 heteroatoms. The van der Waals surface area contributed by atoms with Crippen LogP contribution in [0.4, 0.5) is 0 Å². The summed E-state index contributed by atoms with van der Waals surface area (Å²) in [6.45, 7) is 1.85. The van der Waals surface area contributed by atoms with Gasteiger partial charge >= 0.3 is 0 Å². The van der Waals surface area contributed by atoms with E-state index in [9.17, 15) is 0 Å². The standard InChI is InChI=1S/C4H4ClN3/c1-2-6-4-3(5)8(4)7-2/h3H,1H3. The maximum atomic E-state index is 5.61. The molecule has 1 atom stereocenters. The van der Waals surface area contributed by atoms with Gasteiger partial charge in [-0.15, -0.1) is 0 Å². The van der Waals surface area contributed by atoms with Crippen LogP contribution in [0.25, 0.3) is 0 Å². The fraction of sp³-hybridized carbons (Fsp3) is 0.500. The lowest BCUT2D eigenvalue weighted by Gasteiger charge is -1.78. The lowest BCUT2D eigenvalue weighted by Crippen LogP contribution is -1.83. The monoisotopic (exact) mass is 129 g/mol. The molecule has 0 saturated heterocycles. The summed E-state index contributed by atoms with van der Waals surface area (Å²) >= 11 is 5.61. The summed E-state index contributed by atoms with van der Waals surface area (Å²) in [4.78, 5) is 4.00. The van der Waals surface area contributed by atoms with Gasteiger partial charge in [0.15, 0.2) is 11.3 Å². The number of alkyl halides is 1. The Kier molecular flexibility index (Phi) is 0.568. The van der Waals surface area contributed by atoms with Crippen molar-refractivity contribution in [3.63, 3.8) is 0 Å². The zero-order valence-electron chi connectivity index (χ0n) is 4.30. The minimum Gasteiger partial charge on any atom is -0.220 e. The average Bonchev–Trinajstić information content (AvgIpc) is 2.29. The van der Waals surface area contributed by atoms with E-state index in [1.54, 1.807) is 4.68 Å². The van der Waals surface area contributed by atoms with Crippen molar-refractivity contribution in [3.8, 4) is 0 Å². The van der Waals surface area contributed by atoms with Crippen LogP contribution in [-0.2, 0) is 0 Å². The highest BCUT2D eigenvalue weighted by molar-refractivity contribution is 6.22. The first-order valence-corrected chi connectivity index (χ1v) is 2.80. The molecule has 0 amide bonds. The van der Waals surface area contributed by atoms with Crippen LogP contribution in [0, 0.1) is 6.92 Å². The van der Waals surface area contributed by atoms with Crippen LogP contribution in [0.5, 0.6) is 0 Å². The van der Waals surface area contributed by atoms with E-state index in [1.807, 2.05) is 6.92 Å². The van der Waals surface area contributed by atoms with Gasteiger partial charge in [0.25, 0.3) is 0 Å². The van der Waals surface area contributed by atoms with E-state index < -0.39 is 0 Å². The first kappa shape index (κ1) is 4.32. The van der Waals surface area contributed by atoms with Gasteiger partial charge in [0.2, 0.25) is 0 Å². The van der Waals surface area contributed by atoms with Gasteiger partial charge in [-0.1, -0.05) is 11.6 Å². The Bertz CT molecular complexity index is 208. The lowest BCUT2D eigenvalue weighted by molar-refractivity contribution is 0.840. The van der Waals surface area contributed by atoms with Gasteiger partial charge in [0.05, 0.1) is 0 Å². The summed E-state index contributed by atoms with van der Waals surface area (Å²) in [7, 11) is 0. The molecule has 0 spiro atoms. The summed E-state index contributed by atoms with van der Waals surface area (Å²) in [5.74, 6) is 1.70. The van der Waals surface area contributed by atoms with Crippen molar-refractivity contribution in [3.05, 3.63) is 11.6 Å². The predicted molar refractivity (Wildman–Crippen MR) is 28.8 cm³/mol. The number of rotatable bonds is 0. The molecule has 0 bridgehead atoms. The number of aryl methyl sites for hydroxylation is 1. The Labute approximate surface area is 51.3 Å². The third kappa shape index (κ3) is 0.351. The molecule has 2 heterocycles. The van der Waals surface area contributed by atoms with E-state index in [-0.39, 0.29) is 5.50 Å². The van der Waals surface area contributed by atoms with E-state index in [1.165, 1.54) is 0 Å². The van der Waals surface area contributed by atoms with Crippen molar-refractivity contribution in [2.45, 2.75) is 12.4 Å². The zero-order valence-corrected chi connectivity index (χ0v) is 5.05. The number of fused-ring (bicyclic) bond motifs is 1. The second-order valence-corrected chi connectivity index (χ2v) is 2.21. The van der Waals surface area contributed by atoms with Crippen molar-refractivity contribution in [1.82, 2.24) is 14.8 Å². The molecule has 0 fully saturated rings. The molecule has 0 saturated carbocycles. The van der Waals surface area contributed by atoms with Crippen LogP contribution >= 0.6 is 11.6 Å². The maximum absolute atomic E-state index is 5.61. The summed E-state index contributed by atoms with van der Waals surface area (Å²) in [6, 6.07) is 0. The fourth-order valence-electron chi connectivity index (χ4n) is 0.703. The van der Waals surface area contributed by atoms with E-state index in [2.05, 4.69) is 10.1 Å². The van der Waals surface area contributed by atoms with Gasteiger partial charge < -0.3 is 0 Å². The first-order chi connectivity index (χ1) is 3.79. The van der Waals surface area contributed by atoms with Gasteiger partial charge in [-0.3, -0.25) is 0 Å². The number of aromatic nitrogens is 3. The summed E-state index contributed by atoms with van der Waals surface area (Å²) in [6.07, 6.45) is 0. The molecule has 1 aliphatic heterocycles. The van der Waals surface area contributed by atoms with Crippen molar-refractivity contribution < 1.29 is 0 Å². The highest BCUT2D eigenvalue weighted by Crippen LogP contribution is 2.34. The van der Waals surface area contributed by atoms with Crippen molar-refractivity contribution in [2.75, 3.05) is 0 Å². The van der Waals surface area contributed by atoms with Gasteiger partial charge in [0, 0.05) is 0 Å². The van der Waals surface area contributed by atoms with Gasteiger partial charge in [-0.2, -0.15) is 5.10 Å². The predicted octanol–water partition coefficient (Wildman–Crippen LogP) is 0.686. The molecule has 42 valence electrons. The number of hydrogen-bond donors (Lipinski definition) is 0. The van der Waals surface area contributed by atoms with E-state index in [4.69, 9.17) is 11.6 Å². The van der Waals surface area contributed by atoms with Crippen molar-refractivity contribution in [1.29, 1.82) is 0 Å². The normalized spacial score (nSPS) is 23.0. The van der Waals surface area contributed by atoms with Crippen LogP contribution in [-0.4, -0.2) is 14.8 Å². The number of halogens is 1. The number of nitrogens with zero attached hydrogens (tertiary/aromatic N) is 3. The third-order valence-electron chi connectivity index (χ3n) is 1.12. The zero-order chi connectivity index (χ0) is 5.72. The molecule has 2 rings (SSSR count). The molecule has 3 nitrogen and oxygen atoms in total. The van der Waals surface area contributed by atoms with Crippen LogP contribution in [0.15, 0.2) is 0 Å². The smallest absolute Gasteiger partial charge is 0.186 e. The molecule has 0 aliphatic carbocycles. The van der Waals surface area contributed by atoms with Gasteiger partial charge in [-0.05, 0) is 6.92 Å². The first-order valence-electron chi connectivity index (χ1n) is 2.36. The minimum absolute atomic E-state index is 0.0290. The quantitative estimate of drug-likeness (QED) is 0.483. The minimum atomic E-state index is -0.0290. The molecule has 8 heavy (non-hydrogen) atoms. The van der Waals surface area contributed by atoms with Gasteiger partial charge in [0.1, 0.15) is 5.82 Å². The molecule has 0 N–H and O–H groups in total. The highest BCUT2D eigenvalue weighted by atomic mass is 35.5. The Balaban J connectivity index is 2.52. The van der Waals surface area contributed by atoms with Crippen LogP contribution in [0.1, 0.15) is 17.1 Å². The Morgan fingerprint density at radius 2 is 2.50 bits per heavy atom. The summed E-state index contributed by atoms with van der Waals surface area (Å²) in [5.41, 5.74) is -0.0290. The molecular formula is C4H4ClN3. The topological polar surface area (TPSA) is 30.7 Å². The molecule has 1 aromatic rings. The second kappa shape index (κ2) is 1.05. The summed E-state index contributed by atoms with van der Waals surface area (Å²) < 4.78 is 1.69. The SMILES string of the molecule is Cc1nc2n(n1)C2Cl. The van der Waals surface area contributed by atoms with E-state index in [0.29, 0.717) is 0 Å². The van der Waals surface area contributed by atoms with Crippen LogP contribution in [0.3, 0.4) is 0 Å². The Morgan fingerprint density at radius 1 is 1.75 bits per heavy atom. The van der Waals surface area contributed by atoms with Gasteiger partial charge in [-0.25, -0.2) is 9.67 Å². The van der Waals surface area contributed by atoms with Crippen LogP contribution in [0.2, 0.25) is 0 Å². The Morgan fingerprint density at radius 3 is 2.88 bits per heavy atom. The molecule has 1 aromatic heterocycles. The highest BCUT2D eigenvalue weighted by Gasteiger charge is 2.34. The molecule has 0 radical (unpaired) electrons. The lowest BCUT2D eigenvalue weighted by atomic mass is 10.7. The summed E-state index contributed by atoms with van der Waals surface area (Å²) in [5, 5.41) is 3.96. The Hall–Kier alpha value is -0.570. The van der Waals surface area contributed by atoms with Crippen molar-refractivity contribution in [2.24, 2.45) is 0 Å². The molecular weight excluding hydrogens is 126 g/mol. The van der Waals surface area contributed by atoms with E-state index >= 15 is 0 Å². The second-order valence-electron chi connectivity index (χ2n) is 1.80. The fourth-order valence-corrected chi connectivity index (χ4v) is 0.939. The third-order valence-corrected chi connectivity index (χ3v) is 1.50. The maximum Gasteiger partial charge on any atom is 0.186 e.